The minimum atomic E-state index is -0.323. The number of amides is 1. The van der Waals surface area contributed by atoms with Gasteiger partial charge in [0.2, 0.25) is 5.91 Å². The maximum atomic E-state index is 12.7. The Morgan fingerprint density at radius 1 is 1.06 bits per heavy atom. The van der Waals surface area contributed by atoms with E-state index >= 15 is 0 Å². The fraction of sp³-hybridized carbons (Fsp3) is 0.375. The van der Waals surface area contributed by atoms with Gasteiger partial charge in [-0.1, -0.05) is 0 Å². The molecule has 10 heteroatoms. The molecule has 0 saturated carbocycles. The first-order chi connectivity index (χ1) is 16.4. The van der Waals surface area contributed by atoms with Gasteiger partial charge in [0.25, 0.3) is 0 Å². The van der Waals surface area contributed by atoms with Crippen molar-refractivity contribution in [3.63, 3.8) is 0 Å². The van der Waals surface area contributed by atoms with Gasteiger partial charge >= 0.3 is 11.7 Å². The number of fused-ring (bicyclic) bond motifs is 2. The number of methoxy groups -OCH3 is 3. The maximum absolute atomic E-state index is 12.7. The van der Waals surface area contributed by atoms with Crippen LogP contribution in [-0.4, -0.2) is 61.2 Å². The number of anilines is 1. The van der Waals surface area contributed by atoms with Crippen LogP contribution in [0.3, 0.4) is 0 Å². The number of nitrogens with one attached hydrogen (secondary N) is 3. The molecular formula is C24H28N4O6. The molecule has 2 aromatic carbocycles. The van der Waals surface area contributed by atoms with Crippen LogP contribution >= 0.6 is 0 Å². The molecule has 0 fully saturated rings. The summed E-state index contributed by atoms with van der Waals surface area (Å²) in [6, 6.07) is 8.79. The van der Waals surface area contributed by atoms with Crippen molar-refractivity contribution < 1.29 is 23.8 Å². The largest absolute Gasteiger partial charge is 0.493 e. The quantitative estimate of drug-likeness (QED) is 0.433. The number of imidazole rings is 1. The third-order valence-electron chi connectivity index (χ3n) is 6.13. The fourth-order valence-electron chi connectivity index (χ4n) is 4.41. The van der Waals surface area contributed by atoms with Crippen LogP contribution in [0.4, 0.5) is 5.69 Å². The molecule has 4 rings (SSSR count). The lowest BCUT2D eigenvalue weighted by atomic mass is 9.90. The maximum Gasteiger partial charge on any atom is 0.323 e. The van der Waals surface area contributed by atoms with Crippen LogP contribution in [0.25, 0.3) is 11.0 Å². The minimum absolute atomic E-state index is 0.160. The van der Waals surface area contributed by atoms with Crippen molar-refractivity contribution in [1.29, 1.82) is 0 Å². The molecule has 1 amide bonds. The third kappa shape index (κ3) is 4.91. The molecule has 180 valence electrons. The number of carbonyl (C=O) groups is 2. The lowest BCUT2D eigenvalue weighted by molar-refractivity contribution is -0.142. The van der Waals surface area contributed by atoms with Crippen LogP contribution in [0.2, 0.25) is 0 Å². The van der Waals surface area contributed by atoms with E-state index in [1.807, 2.05) is 12.1 Å². The molecule has 0 aliphatic carbocycles. The van der Waals surface area contributed by atoms with E-state index in [-0.39, 0.29) is 36.4 Å². The molecule has 1 aliphatic heterocycles. The van der Waals surface area contributed by atoms with Crippen molar-refractivity contribution in [2.45, 2.75) is 25.3 Å². The number of hydrogen-bond donors (Lipinski definition) is 3. The minimum Gasteiger partial charge on any atom is -0.493 e. The molecular weight excluding hydrogens is 440 g/mol. The first-order valence-electron chi connectivity index (χ1n) is 11.0. The molecule has 34 heavy (non-hydrogen) atoms. The number of ether oxygens (including phenoxy) is 3. The van der Waals surface area contributed by atoms with E-state index in [4.69, 9.17) is 14.2 Å². The van der Waals surface area contributed by atoms with E-state index in [2.05, 4.69) is 20.2 Å². The van der Waals surface area contributed by atoms with Gasteiger partial charge in [0.15, 0.2) is 11.5 Å². The molecule has 2 heterocycles. The van der Waals surface area contributed by atoms with Crippen LogP contribution in [0.1, 0.15) is 30.0 Å². The van der Waals surface area contributed by atoms with Crippen molar-refractivity contribution in [1.82, 2.24) is 14.9 Å². The lowest BCUT2D eigenvalue weighted by Gasteiger charge is -2.37. The molecule has 3 aromatic rings. The number of hydrogen-bond acceptors (Lipinski definition) is 7. The summed E-state index contributed by atoms with van der Waals surface area (Å²) in [4.78, 5) is 43.8. The van der Waals surface area contributed by atoms with Crippen molar-refractivity contribution in [3.8, 4) is 11.5 Å². The highest BCUT2D eigenvalue weighted by Crippen LogP contribution is 2.39. The van der Waals surface area contributed by atoms with Crippen LogP contribution in [0.5, 0.6) is 11.5 Å². The molecule has 10 nitrogen and oxygen atoms in total. The summed E-state index contributed by atoms with van der Waals surface area (Å²) in [5, 5.41) is 2.87. The molecule has 3 N–H and O–H groups in total. The zero-order valence-electron chi connectivity index (χ0n) is 19.4. The van der Waals surface area contributed by atoms with Crippen molar-refractivity contribution in [2.75, 3.05) is 39.7 Å². The zero-order valence-corrected chi connectivity index (χ0v) is 19.4. The standard InChI is InChI=1S/C24H28N4O6/c1-32-20-10-14-6-8-28(19(13-23(30)34-3)16(14)12-21(20)33-2)9-7-22(29)25-15-4-5-17-18(11-15)27-24(31)26-17/h4-5,10-12,19H,6-9,13H2,1-3H3,(H,25,29)(H2,26,27,31)/t19-/m1/s1. The Morgan fingerprint density at radius 3 is 2.53 bits per heavy atom. The van der Waals surface area contributed by atoms with Gasteiger partial charge < -0.3 is 29.5 Å². The van der Waals surface area contributed by atoms with Crippen LogP contribution in [-0.2, 0) is 20.7 Å². The molecule has 1 atom stereocenters. The summed E-state index contributed by atoms with van der Waals surface area (Å²) < 4.78 is 15.8. The molecule has 0 bridgehead atoms. The van der Waals surface area contributed by atoms with E-state index in [0.29, 0.717) is 41.3 Å². The average Bonchev–Trinajstić information content (AvgIpc) is 3.21. The van der Waals surface area contributed by atoms with Gasteiger partial charge in [-0.25, -0.2) is 4.79 Å². The monoisotopic (exact) mass is 468 g/mol. The SMILES string of the molecule is COC(=O)C[C@@H]1c2cc(OC)c(OC)cc2CCN1CCC(=O)Nc1ccc2[nH]c(=O)[nH]c2c1. The summed E-state index contributed by atoms with van der Waals surface area (Å²) >= 11 is 0. The van der Waals surface area contributed by atoms with E-state index < -0.39 is 0 Å². The summed E-state index contributed by atoms with van der Waals surface area (Å²) in [6.45, 7) is 1.15. The molecule has 0 radical (unpaired) electrons. The Balaban J connectivity index is 1.48. The topological polar surface area (TPSA) is 126 Å². The smallest absolute Gasteiger partial charge is 0.323 e. The Morgan fingerprint density at radius 2 is 1.79 bits per heavy atom. The van der Waals surface area contributed by atoms with Gasteiger partial charge in [0.05, 0.1) is 38.8 Å². The summed E-state index contributed by atoms with van der Waals surface area (Å²) in [6.07, 6.45) is 1.16. The van der Waals surface area contributed by atoms with Crippen LogP contribution in [0, 0.1) is 0 Å². The fourth-order valence-corrected chi connectivity index (χ4v) is 4.41. The van der Waals surface area contributed by atoms with Crippen molar-refractivity contribution >= 4 is 28.6 Å². The van der Waals surface area contributed by atoms with Crippen molar-refractivity contribution in [3.05, 3.63) is 51.9 Å². The highest BCUT2D eigenvalue weighted by atomic mass is 16.5. The number of rotatable bonds is 8. The van der Waals surface area contributed by atoms with Gasteiger partial charge in [-0.2, -0.15) is 0 Å². The Hall–Kier alpha value is -3.79. The number of carbonyl (C=O) groups excluding carboxylic acids is 2. The van der Waals surface area contributed by atoms with Gasteiger partial charge in [0, 0.05) is 31.2 Å². The normalized spacial score (nSPS) is 15.6. The van der Waals surface area contributed by atoms with Gasteiger partial charge in [-0.05, 0) is 47.9 Å². The van der Waals surface area contributed by atoms with Crippen LogP contribution < -0.4 is 20.5 Å². The Bertz CT molecular complexity index is 1260. The summed E-state index contributed by atoms with van der Waals surface area (Å²) in [7, 11) is 4.54. The second kappa shape index (κ2) is 10.0. The second-order valence-corrected chi connectivity index (χ2v) is 8.13. The number of nitrogens with zero attached hydrogens (tertiary/aromatic N) is 1. The summed E-state index contributed by atoms with van der Waals surface area (Å²) in [5.74, 6) is 0.753. The van der Waals surface area contributed by atoms with Gasteiger partial charge in [0.1, 0.15) is 0 Å². The first kappa shape index (κ1) is 23.4. The Kier molecular flexibility index (Phi) is 6.87. The molecule has 1 aromatic heterocycles. The van der Waals surface area contributed by atoms with E-state index in [1.165, 1.54) is 7.11 Å². The predicted octanol–water partition coefficient (Wildman–Crippen LogP) is 2.36. The predicted molar refractivity (Wildman–Crippen MR) is 126 cm³/mol. The zero-order chi connectivity index (χ0) is 24.2. The number of esters is 1. The number of aromatic nitrogens is 2. The average molecular weight is 469 g/mol. The first-order valence-corrected chi connectivity index (χ1v) is 11.0. The third-order valence-corrected chi connectivity index (χ3v) is 6.13. The van der Waals surface area contributed by atoms with E-state index in [1.54, 1.807) is 32.4 Å². The molecule has 0 saturated heterocycles. The number of aromatic amines is 2. The highest BCUT2D eigenvalue weighted by molar-refractivity contribution is 5.93. The van der Waals surface area contributed by atoms with E-state index in [9.17, 15) is 14.4 Å². The molecule has 1 aliphatic rings. The van der Waals surface area contributed by atoms with Crippen LogP contribution in [0.15, 0.2) is 35.1 Å². The Labute approximate surface area is 196 Å². The molecule has 0 spiro atoms. The highest BCUT2D eigenvalue weighted by Gasteiger charge is 2.31. The van der Waals surface area contributed by atoms with Crippen molar-refractivity contribution in [2.24, 2.45) is 0 Å². The number of H-pyrrole nitrogens is 2. The molecule has 0 unspecified atom stereocenters. The summed E-state index contributed by atoms with van der Waals surface area (Å²) in [5.41, 5.74) is 3.65. The van der Waals surface area contributed by atoms with E-state index in [0.717, 1.165) is 17.5 Å². The van der Waals surface area contributed by atoms with Gasteiger partial charge in [-0.3, -0.25) is 14.5 Å². The lowest BCUT2D eigenvalue weighted by Crippen LogP contribution is -2.38. The number of benzene rings is 2. The van der Waals surface area contributed by atoms with Gasteiger partial charge in [-0.15, -0.1) is 0 Å². The second-order valence-electron chi connectivity index (χ2n) is 8.13.